The Morgan fingerprint density at radius 2 is 2.22 bits per heavy atom. The van der Waals surface area contributed by atoms with Crippen molar-refractivity contribution in [3.8, 4) is 0 Å². The second-order valence-corrected chi connectivity index (χ2v) is 2.82. The first kappa shape index (κ1) is 9.32. The molecule has 0 spiro atoms. The molecule has 0 aromatic heterocycles. The third-order valence-corrected chi connectivity index (χ3v) is 1.95. The Kier molecular flexibility index (Phi) is 6.67. The van der Waals surface area contributed by atoms with Crippen LogP contribution in [0.25, 0.3) is 0 Å². The number of halogens is 2. The van der Waals surface area contributed by atoms with Crippen molar-refractivity contribution in [2.45, 2.75) is 25.1 Å². The number of rotatable bonds is 4. The highest BCUT2D eigenvalue weighted by atomic mass is 35.5. The minimum Gasteiger partial charge on any atom is -0.125 e. The summed E-state index contributed by atoms with van der Waals surface area (Å²) < 4.78 is 0. The maximum atomic E-state index is 5.74. The summed E-state index contributed by atoms with van der Waals surface area (Å²) >= 11 is 11.2. The molecule has 0 rings (SSSR count). The van der Waals surface area contributed by atoms with Gasteiger partial charge >= 0.3 is 0 Å². The molecule has 0 amide bonds. The lowest BCUT2D eigenvalue weighted by molar-refractivity contribution is 0.827. The molecule has 0 fully saturated rings. The molecule has 0 aliphatic heterocycles. The molecule has 0 aliphatic carbocycles. The van der Waals surface area contributed by atoms with Crippen molar-refractivity contribution in [3.05, 3.63) is 12.2 Å². The zero-order valence-electron chi connectivity index (χ0n) is 5.61. The molecule has 0 heterocycles. The molecule has 0 radical (unpaired) electrons. The van der Waals surface area contributed by atoms with Gasteiger partial charge in [-0.05, 0) is 19.8 Å². The lowest BCUT2D eigenvalue weighted by Gasteiger charge is -1.99. The van der Waals surface area contributed by atoms with E-state index in [1.807, 2.05) is 13.0 Å². The normalized spacial score (nSPS) is 14.6. The molecule has 9 heavy (non-hydrogen) atoms. The predicted molar refractivity (Wildman–Crippen MR) is 44.4 cm³/mol. The largest absolute Gasteiger partial charge is 0.125 e. The molecule has 0 aromatic rings. The molecule has 0 nitrogen and oxygen atoms in total. The molecular weight excluding hydrogens is 155 g/mol. The summed E-state index contributed by atoms with van der Waals surface area (Å²) in [6.45, 7) is 2.00. The standard InChI is InChI=1S/C7H12Cl2/c1-2-3-4-5-7(9)6-8/h2-3,7H,4-6H2,1H3. The summed E-state index contributed by atoms with van der Waals surface area (Å²) in [5.41, 5.74) is 0. The Bertz CT molecular complexity index is 79.0. The van der Waals surface area contributed by atoms with Crippen LogP contribution in [0.2, 0.25) is 0 Å². The van der Waals surface area contributed by atoms with Gasteiger partial charge < -0.3 is 0 Å². The van der Waals surface area contributed by atoms with Gasteiger partial charge in [0, 0.05) is 11.3 Å². The summed E-state index contributed by atoms with van der Waals surface area (Å²) in [4.78, 5) is 0. The van der Waals surface area contributed by atoms with Crippen LogP contribution in [-0.4, -0.2) is 11.3 Å². The monoisotopic (exact) mass is 166 g/mol. The van der Waals surface area contributed by atoms with Gasteiger partial charge in [0.2, 0.25) is 0 Å². The molecule has 0 saturated carbocycles. The fourth-order valence-corrected chi connectivity index (χ4v) is 0.801. The van der Waals surface area contributed by atoms with Gasteiger partial charge in [0.15, 0.2) is 0 Å². The Morgan fingerprint density at radius 3 is 2.67 bits per heavy atom. The van der Waals surface area contributed by atoms with Gasteiger partial charge in [0.25, 0.3) is 0 Å². The van der Waals surface area contributed by atoms with E-state index < -0.39 is 0 Å². The second kappa shape index (κ2) is 6.44. The van der Waals surface area contributed by atoms with Crippen molar-refractivity contribution in [3.63, 3.8) is 0 Å². The molecule has 0 aromatic carbocycles. The number of alkyl halides is 2. The first-order chi connectivity index (χ1) is 4.31. The minimum absolute atomic E-state index is 0.142. The van der Waals surface area contributed by atoms with Crippen molar-refractivity contribution in [1.29, 1.82) is 0 Å². The van der Waals surface area contributed by atoms with Crippen LogP contribution >= 0.6 is 23.2 Å². The van der Waals surface area contributed by atoms with E-state index in [1.165, 1.54) is 0 Å². The van der Waals surface area contributed by atoms with Crippen molar-refractivity contribution < 1.29 is 0 Å². The summed E-state index contributed by atoms with van der Waals surface area (Å²) in [7, 11) is 0. The highest BCUT2D eigenvalue weighted by molar-refractivity contribution is 6.28. The summed E-state index contributed by atoms with van der Waals surface area (Å²) in [5.74, 6) is 0.555. The van der Waals surface area contributed by atoms with Crippen LogP contribution in [-0.2, 0) is 0 Å². The Balaban J connectivity index is 3.06. The lowest BCUT2D eigenvalue weighted by atomic mass is 10.2. The maximum Gasteiger partial charge on any atom is 0.0474 e. The fraction of sp³-hybridized carbons (Fsp3) is 0.714. The smallest absolute Gasteiger partial charge is 0.0474 e. The summed E-state index contributed by atoms with van der Waals surface area (Å²) in [6.07, 6.45) is 6.15. The second-order valence-electron chi connectivity index (χ2n) is 1.90. The van der Waals surface area contributed by atoms with E-state index in [0.29, 0.717) is 5.88 Å². The predicted octanol–water partition coefficient (Wildman–Crippen LogP) is 3.19. The molecule has 0 N–H and O–H groups in total. The minimum atomic E-state index is 0.142. The van der Waals surface area contributed by atoms with Crippen LogP contribution in [0.15, 0.2) is 12.2 Å². The maximum absolute atomic E-state index is 5.74. The fourth-order valence-electron chi connectivity index (χ4n) is 0.521. The zero-order valence-corrected chi connectivity index (χ0v) is 7.12. The van der Waals surface area contributed by atoms with E-state index in [9.17, 15) is 0 Å². The Labute approximate surface area is 66.8 Å². The highest BCUT2D eigenvalue weighted by Gasteiger charge is 1.98. The lowest BCUT2D eigenvalue weighted by Crippen LogP contribution is -1.97. The van der Waals surface area contributed by atoms with Crippen LogP contribution in [0.3, 0.4) is 0 Å². The molecule has 0 aliphatic rings. The van der Waals surface area contributed by atoms with Crippen LogP contribution < -0.4 is 0 Å². The first-order valence-electron chi connectivity index (χ1n) is 3.12. The van der Waals surface area contributed by atoms with E-state index in [0.717, 1.165) is 12.8 Å². The van der Waals surface area contributed by atoms with Crippen molar-refractivity contribution >= 4 is 23.2 Å². The Morgan fingerprint density at radius 1 is 1.56 bits per heavy atom. The molecule has 1 unspecified atom stereocenters. The molecule has 54 valence electrons. The van der Waals surface area contributed by atoms with Crippen LogP contribution in [0.5, 0.6) is 0 Å². The van der Waals surface area contributed by atoms with Crippen molar-refractivity contribution in [1.82, 2.24) is 0 Å². The topological polar surface area (TPSA) is 0 Å². The van der Waals surface area contributed by atoms with Crippen LogP contribution in [0.4, 0.5) is 0 Å². The summed E-state index contributed by atoms with van der Waals surface area (Å²) in [5, 5.41) is 0.142. The van der Waals surface area contributed by atoms with Crippen molar-refractivity contribution in [2.75, 3.05) is 5.88 Å². The SMILES string of the molecule is CC=CCCC(Cl)CCl. The highest BCUT2D eigenvalue weighted by Crippen LogP contribution is 2.07. The Hall–Kier alpha value is 0.320. The van der Waals surface area contributed by atoms with E-state index >= 15 is 0 Å². The van der Waals surface area contributed by atoms with Gasteiger partial charge in [-0.15, -0.1) is 23.2 Å². The molecule has 2 heteroatoms. The third-order valence-electron chi connectivity index (χ3n) is 1.05. The van der Waals surface area contributed by atoms with E-state index in [4.69, 9.17) is 23.2 Å². The average Bonchev–Trinajstić information content (AvgIpc) is 1.89. The van der Waals surface area contributed by atoms with Gasteiger partial charge in [0.05, 0.1) is 0 Å². The zero-order chi connectivity index (χ0) is 7.11. The van der Waals surface area contributed by atoms with E-state index in [1.54, 1.807) is 0 Å². The number of allylic oxidation sites excluding steroid dienone is 2. The molecule has 0 bridgehead atoms. The van der Waals surface area contributed by atoms with Crippen LogP contribution in [0, 0.1) is 0 Å². The van der Waals surface area contributed by atoms with E-state index in [-0.39, 0.29) is 5.38 Å². The van der Waals surface area contributed by atoms with Gasteiger partial charge in [-0.2, -0.15) is 0 Å². The van der Waals surface area contributed by atoms with Gasteiger partial charge in [-0.25, -0.2) is 0 Å². The van der Waals surface area contributed by atoms with Gasteiger partial charge in [-0.3, -0.25) is 0 Å². The quantitative estimate of drug-likeness (QED) is 0.445. The van der Waals surface area contributed by atoms with Gasteiger partial charge in [-0.1, -0.05) is 12.2 Å². The summed E-state index contributed by atoms with van der Waals surface area (Å²) in [6, 6.07) is 0. The molecule has 0 saturated heterocycles. The average molecular weight is 167 g/mol. The molecular formula is C7H12Cl2. The number of hydrogen-bond acceptors (Lipinski definition) is 0. The third kappa shape index (κ3) is 6.20. The van der Waals surface area contributed by atoms with Gasteiger partial charge in [0.1, 0.15) is 0 Å². The van der Waals surface area contributed by atoms with Crippen LogP contribution in [0.1, 0.15) is 19.8 Å². The first-order valence-corrected chi connectivity index (χ1v) is 4.09. The number of hydrogen-bond donors (Lipinski definition) is 0. The van der Waals surface area contributed by atoms with E-state index in [2.05, 4.69) is 6.08 Å². The molecule has 1 atom stereocenters. The van der Waals surface area contributed by atoms with Crippen molar-refractivity contribution in [2.24, 2.45) is 0 Å².